The minimum absolute atomic E-state index is 0.0211. The molecule has 0 saturated carbocycles. The molecule has 0 spiro atoms. The molecule has 0 bridgehead atoms. The fourth-order valence-electron chi connectivity index (χ4n) is 4.24. The SMILES string of the molecule is C=CC[C@H]1CC[C@@H](c2ccc(Cl)cc2)N([C@@H](CC)C(C)(C)O)C1=O.Clc1ccccc1. The van der Waals surface area contributed by atoms with Crippen molar-refractivity contribution in [1.82, 2.24) is 4.90 Å². The summed E-state index contributed by atoms with van der Waals surface area (Å²) in [6, 6.07) is 16.9. The number of carbonyl (C=O) groups excluding carboxylic acids is 1. The largest absolute Gasteiger partial charge is 0.388 e. The van der Waals surface area contributed by atoms with Crippen LogP contribution < -0.4 is 0 Å². The molecule has 1 N–H and O–H groups in total. The molecule has 1 fully saturated rings. The number of aliphatic hydroxyl groups is 1. The van der Waals surface area contributed by atoms with Crippen LogP contribution in [0.2, 0.25) is 10.0 Å². The van der Waals surface area contributed by atoms with Crippen molar-refractivity contribution in [1.29, 1.82) is 0 Å². The number of hydrogen-bond donors (Lipinski definition) is 1. The Morgan fingerprint density at radius 2 is 1.68 bits per heavy atom. The van der Waals surface area contributed by atoms with Crippen molar-refractivity contribution < 1.29 is 9.90 Å². The number of hydrogen-bond acceptors (Lipinski definition) is 2. The van der Waals surface area contributed by atoms with Crippen LogP contribution in [0.1, 0.15) is 58.1 Å². The van der Waals surface area contributed by atoms with E-state index in [0.717, 1.165) is 23.4 Å². The van der Waals surface area contributed by atoms with Crippen LogP contribution in [0.5, 0.6) is 0 Å². The third-order valence-corrected chi connectivity index (χ3v) is 6.21. The van der Waals surface area contributed by atoms with Crippen molar-refractivity contribution in [3.8, 4) is 0 Å². The summed E-state index contributed by atoms with van der Waals surface area (Å²) in [5.74, 6) is 0.0810. The molecular formula is C26H33Cl2NO2. The van der Waals surface area contributed by atoms with Gasteiger partial charge in [0, 0.05) is 16.0 Å². The maximum absolute atomic E-state index is 13.2. The van der Waals surface area contributed by atoms with Crippen LogP contribution in [-0.2, 0) is 4.79 Å². The summed E-state index contributed by atoms with van der Waals surface area (Å²) in [6.45, 7) is 9.36. The maximum Gasteiger partial charge on any atom is 0.226 e. The molecule has 0 aliphatic carbocycles. The first-order chi connectivity index (χ1) is 14.7. The highest BCUT2D eigenvalue weighted by Crippen LogP contribution is 2.40. The van der Waals surface area contributed by atoms with Crippen molar-refractivity contribution in [2.75, 3.05) is 0 Å². The van der Waals surface area contributed by atoms with Gasteiger partial charge in [0.1, 0.15) is 0 Å². The number of halogens is 2. The summed E-state index contributed by atoms with van der Waals surface area (Å²) >= 11 is 11.6. The number of allylic oxidation sites excluding steroid dienone is 1. The molecule has 0 unspecified atom stereocenters. The molecule has 3 atom stereocenters. The van der Waals surface area contributed by atoms with Gasteiger partial charge in [-0.15, -0.1) is 6.58 Å². The van der Waals surface area contributed by atoms with Crippen LogP contribution in [0, 0.1) is 5.92 Å². The fraction of sp³-hybridized carbons (Fsp3) is 0.423. The van der Waals surface area contributed by atoms with Gasteiger partial charge in [0.25, 0.3) is 0 Å². The zero-order valence-electron chi connectivity index (χ0n) is 18.6. The molecule has 0 aromatic heterocycles. The standard InChI is InChI=1S/C20H28ClNO2.C6H5Cl/c1-5-7-15-10-13-17(14-8-11-16(21)12-9-14)22(19(15)23)18(6-2)20(3,4)24;7-6-4-2-1-3-5-6/h5,8-9,11-12,15,17-18,24H,1,6-7,10,13H2,2-4H3;1-5H/t15-,17-,18-;/m0./s1. The van der Waals surface area contributed by atoms with Gasteiger partial charge >= 0.3 is 0 Å². The van der Waals surface area contributed by atoms with E-state index in [9.17, 15) is 9.90 Å². The quantitative estimate of drug-likeness (QED) is 0.466. The molecule has 3 nitrogen and oxygen atoms in total. The Balaban J connectivity index is 0.000000412. The molecule has 168 valence electrons. The van der Waals surface area contributed by atoms with Gasteiger partial charge in [-0.25, -0.2) is 0 Å². The van der Waals surface area contributed by atoms with Crippen LogP contribution in [-0.4, -0.2) is 27.6 Å². The second-order valence-electron chi connectivity index (χ2n) is 8.48. The molecule has 1 aliphatic heterocycles. The summed E-state index contributed by atoms with van der Waals surface area (Å²) in [4.78, 5) is 15.1. The highest BCUT2D eigenvalue weighted by atomic mass is 35.5. The third-order valence-electron chi connectivity index (χ3n) is 5.71. The third kappa shape index (κ3) is 7.10. The lowest BCUT2D eigenvalue weighted by atomic mass is 9.82. The lowest BCUT2D eigenvalue weighted by Crippen LogP contribution is -2.56. The van der Waals surface area contributed by atoms with Gasteiger partial charge in [-0.1, -0.05) is 66.5 Å². The van der Waals surface area contributed by atoms with Gasteiger partial charge in [0.05, 0.1) is 17.7 Å². The molecule has 1 aliphatic rings. The van der Waals surface area contributed by atoms with E-state index in [4.69, 9.17) is 23.2 Å². The fourth-order valence-corrected chi connectivity index (χ4v) is 4.51. The van der Waals surface area contributed by atoms with E-state index >= 15 is 0 Å². The van der Waals surface area contributed by atoms with Crippen LogP contribution in [0.15, 0.2) is 67.3 Å². The van der Waals surface area contributed by atoms with Crippen molar-refractivity contribution >= 4 is 29.1 Å². The Morgan fingerprint density at radius 3 is 2.13 bits per heavy atom. The van der Waals surface area contributed by atoms with Crippen LogP contribution >= 0.6 is 23.2 Å². The Hall–Kier alpha value is -1.81. The molecule has 5 heteroatoms. The van der Waals surface area contributed by atoms with Crippen LogP contribution in [0.4, 0.5) is 0 Å². The van der Waals surface area contributed by atoms with Gasteiger partial charge in [0.2, 0.25) is 5.91 Å². The highest BCUT2D eigenvalue weighted by Gasteiger charge is 2.43. The van der Waals surface area contributed by atoms with Crippen molar-refractivity contribution in [3.05, 3.63) is 82.9 Å². The summed E-state index contributed by atoms with van der Waals surface area (Å²) in [6.07, 6.45) is 4.94. The first-order valence-corrected chi connectivity index (χ1v) is 11.6. The number of rotatable bonds is 6. The van der Waals surface area contributed by atoms with Crippen LogP contribution in [0.25, 0.3) is 0 Å². The summed E-state index contributed by atoms with van der Waals surface area (Å²) in [5, 5.41) is 12.1. The average Bonchev–Trinajstić information content (AvgIpc) is 2.72. The van der Waals surface area contributed by atoms with Gasteiger partial charge in [0.15, 0.2) is 0 Å². The van der Waals surface area contributed by atoms with Crippen molar-refractivity contribution in [2.24, 2.45) is 5.92 Å². The van der Waals surface area contributed by atoms with E-state index in [1.807, 2.05) is 72.5 Å². The van der Waals surface area contributed by atoms with Gasteiger partial charge in [-0.2, -0.15) is 0 Å². The van der Waals surface area contributed by atoms with Gasteiger partial charge in [-0.05, 0) is 69.4 Å². The number of piperidine rings is 1. The molecule has 3 rings (SSSR count). The lowest BCUT2D eigenvalue weighted by molar-refractivity contribution is -0.153. The van der Waals surface area contributed by atoms with Crippen molar-refractivity contribution in [3.63, 3.8) is 0 Å². The molecule has 2 aromatic rings. The number of nitrogens with zero attached hydrogens (tertiary/aromatic N) is 1. The minimum atomic E-state index is -0.953. The molecular weight excluding hydrogens is 429 g/mol. The van der Waals surface area contributed by atoms with Crippen LogP contribution in [0.3, 0.4) is 0 Å². The lowest BCUT2D eigenvalue weighted by Gasteiger charge is -2.47. The van der Waals surface area contributed by atoms with E-state index < -0.39 is 5.60 Å². The zero-order valence-corrected chi connectivity index (χ0v) is 20.1. The predicted octanol–water partition coefficient (Wildman–Crippen LogP) is 7.09. The van der Waals surface area contributed by atoms with Gasteiger partial charge in [-0.3, -0.25) is 4.79 Å². The molecule has 1 saturated heterocycles. The number of carbonyl (C=O) groups is 1. The first kappa shape index (κ1) is 25.5. The topological polar surface area (TPSA) is 40.5 Å². The number of benzene rings is 2. The van der Waals surface area contributed by atoms with Crippen molar-refractivity contribution in [2.45, 2.75) is 64.1 Å². The smallest absolute Gasteiger partial charge is 0.226 e. The molecule has 31 heavy (non-hydrogen) atoms. The molecule has 1 heterocycles. The van der Waals surface area contributed by atoms with E-state index in [-0.39, 0.29) is 23.9 Å². The highest BCUT2D eigenvalue weighted by molar-refractivity contribution is 6.30. The Labute approximate surface area is 196 Å². The monoisotopic (exact) mass is 461 g/mol. The zero-order chi connectivity index (χ0) is 23.0. The van der Waals surface area contributed by atoms with Gasteiger partial charge < -0.3 is 10.0 Å². The second-order valence-corrected chi connectivity index (χ2v) is 9.36. The van der Waals surface area contributed by atoms with E-state index in [2.05, 4.69) is 6.58 Å². The average molecular weight is 462 g/mol. The maximum atomic E-state index is 13.2. The Bertz CT molecular complexity index is 831. The first-order valence-electron chi connectivity index (χ1n) is 10.8. The normalized spacial score (nSPS) is 19.9. The number of amides is 1. The molecule has 1 amide bonds. The Kier molecular flexibility index (Phi) is 9.61. The minimum Gasteiger partial charge on any atom is -0.388 e. The van der Waals surface area contributed by atoms with E-state index in [0.29, 0.717) is 17.9 Å². The predicted molar refractivity (Wildman–Crippen MR) is 130 cm³/mol. The number of likely N-dealkylation sites (tertiary alicyclic amines) is 1. The molecule has 2 aromatic carbocycles. The summed E-state index contributed by atoms with van der Waals surface area (Å²) < 4.78 is 0. The second kappa shape index (κ2) is 11.7. The van der Waals surface area contributed by atoms with E-state index in [1.165, 1.54) is 0 Å². The van der Waals surface area contributed by atoms with E-state index in [1.54, 1.807) is 13.8 Å². The summed E-state index contributed by atoms with van der Waals surface area (Å²) in [5.41, 5.74) is 0.123. The summed E-state index contributed by atoms with van der Waals surface area (Å²) in [7, 11) is 0. The molecule has 0 radical (unpaired) electrons. The Morgan fingerprint density at radius 1 is 1.10 bits per heavy atom.